The largest absolute Gasteiger partial charge is 0.493 e. The Kier molecular flexibility index (Phi) is 3.37. The molecule has 23 heavy (non-hydrogen) atoms. The van der Waals surface area contributed by atoms with E-state index in [1.165, 1.54) is 5.56 Å². The molecule has 0 N–H and O–H groups in total. The minimum absolute atomic E-state index is 0.351. The molecule has 4 rings (SSSR count). The maximum atomic E-state index is 5.53. The van der Waals surface area contributed by atoms with Gasteiger partial charge in [0.25, 0.3) is 0 Å². The van der Waals surface area contributed by atoms with Crippen LogP contribution in [0.3, 0.4) is 0 Å². The average Bonchev–Trinajstić information content (AvgIpc) is 3.26. The minimum Gasteiger partial charge on any atom is -0.493 e. The summed E-state index contributed by atoms with van der Waals surface area (Å²) in [7, 11) is 0. The van der Waals surface area contributed by atoms with E-state index in [0.717, 1.165) is 30.2 Å². The van der Waals surface area contributed by atoms with Gasteiger partial charge in [0.15, 0.2) is 0 Å². The van der Waals surface area contributed by atoms with Crippen LogP contribution in [0.25, 0.3) is 11.4 Å². The molecule has 3 heterocycles. The highest BCUT2D eigenvalue weighted by Crippen LogP contribution is 2.29. The van der Waals surface area contributed by atoms with Crippen molar-refractivity contribution in [3.05, 3.63) is 47.9 Å². The second kappa shape index (κ2) is 5.53. The summed E-state index contributed by atoms with van der Waals surface area (Å²) in [6.45, 7) is 5.51. The second-order valence-electron chi connectivity index (χ2n) is 6.00. The van der Waals surface area contributed by atoms with Crippen LogP contribution in [0.2, 0.25) is 0 Å². The zero-order chi connectivity index (χ0) is 15.8. The van der Waals surface area contributed by atoms with Gasteiger partial charge in [-0.1, -0.05) is 19.0 Å². The van der Waals surface area contributed by atoms with E-state index in [1.807, 2.05) is 22.9 Å². The third kappa shape index (κ3) is 2.60. The summed E-state index contributed by atoms with van der Waals surface area (Å²) in [5.74, 6) is 3.51. The second-order valence-corrected chi connectivity index (χ2v) is 6.00. The van der Waals surface area contributed by atoms with Gasteiger partial charge in [-0.2, -0.15) is 4.98 Å². The number of fused-ring (bicyclic) bond motifs is 1. The first-order valence-corrected chi connectivity index (χ1v) is 7.80. The van der Waals surface area contributed by atoms with Gasteiger partial charge in [0.1, 0.15) is 18.1 Å². The Balaban J connectivity index is 1.58. The van der Waals surface area contributed by atoms with Gasteiger partial charge in [0.2, 0.25) is 11.7 Å². The number of benzene rings is 1. The van der Waals surface area contributed by atoms with Crippen molar-refractivity contribution in [2.75, 3.05) is 6.61 Å². The Labute approximate surface area is 134 Å². The van der Waals surface area contributed by atoms with Crippen LogP contribution in [-0.2, 0) is 13.0 Å². The van der Waals surface area contributed by atoms with Gasteiger partial charge in [0, 0.05) is 30.3 Å². The number of aromatic nitrogens is 4. The van der Waals surface area contributed by atoms with E-state index in [4.69, 9.17) is 9.26 Å². The fraction of sp³-hybridized carbons (Fsp3) is 0.353. The predicted molar refractivity (Wildman–Crippen MR) is 84.4 cm³/mol. The maximum absolute atomic E-state index is 5.53. The Bertz CT molecular complexity index is 835. The molecule has 6 heteroatoms. The standard InChI is InChI=1S/C17H18N4O2/c1-11(2)17-18-6-7-21(17)10-15-19-16(20-23-15)13-3-4-14-12(9-13)5-8-22-14/h3-4,6-7,9,11H,5,8,10H2,1-2H3. The summed E-state index contributed by atoms with van der Waals surface area (Å²) < 4.78 is 13.0. The summed E-state index contributed by atoms with van der Waals surface area (Å²) in [5.41, 5.74) is 2.16. The first-order valence-electron chi connectivity index (χ1n) is 7.80. The third-order valence-electron chi connectivity index (χ3n) is 3.99. The van der Waals surface area contributed by atoms with Crippen LogP contribution in [0.15, 0.2) is 35.1 Å². The van der Waals surface area contributed by atoms with Gasteiger partial charge in [-0.3, -0.25) is 0 Å². The molecular weight excluding hydrogens is 292 g/mol. The van der Waals surface area contributed by atoms with Gasteiger partial charge in [-0.15, -0.1) is 0 Å². The summed E-state index contributed by atoms with van der Waals surface area (Å²) in [5, 5.41) is 4.11. The van der Waals surface area contributed by atoms with E-state index in [9.17, 15) is 0 Å². The summed E-state index contributed by atoms with van der Waals surface area (Å²) in [6, 6.07) is 6.02. The van der Waals surface area contributed by atoms with Crippen LogP contribution in [0, 0.1) is 0 Å². The molecule has 0 saturated carbocycles. The maximum Gasteiger partial charge on any atom is 0.246 e. The smallest absolute Gasteiger partial charge is 0.246 e. The molecule has 0 saturated heterocycles. The van der Waals surface area contributed by atoms with E-state index >= 15 is 0 Å². The lowest BCUT2D eigenvalue weighted by Crippen LogP contribution is -2.06. The van der Waals surface area contributed by atoms with Crippen LogP contribution in [0.4, 0.5) is 0 Å². The number of hydrogen-bond acceptors (Lipinski definition) is 5. The Morgan fingerprint density at radius 2 is 2.22 bits per heavy atom. The summed E-state index contributed by atoms with van der Waals surface area (Å²) in [6.07, 6.45) is 4.67. The number of nitrogens with zero attached hydrogens (tertiary/aromatic N) is 4. The van der Waals surface area contributed by atoms with E-state index in [0.29, 0.717) is 24.2 Å². The monoisotopic (exact) mass is 310 g/mol. The molecule has 118 valence electrons. The van der Waals surface area contributed by atoms with E-state index in [1.54, 1.807) is 6.20 Å². The summed E-state index contributed by atoms with van der Waals surface area (Å²) in [4.78, 5) is 8.89. The fourth-order valence-electron chi connectivity index (χ4n) is 2.86. The van der Waals surface area contributed by atoms with Crippen molar-refractivity contribution in [3.8, 4) is 17.1 Å². The SMILES string of the molecule is CC(C)c1nccn1Cc1nc(-c2ccc3c(c2)CCO3)no1. The Hall–Kier alpha value is -2.63. The molecule has 0 amide bonds. The molecule has 6 nitrogen and oxygen atoms in total. The lowest BCUT2D eigenvalue weighted by Gasteiger charge is -2.07. The zero-order valence-corrected chi connectivity index (χ0v) is 13.2. The molecule has 0 atom stereocenters. The van der Waals surface area contributed by atoms with E-state index in [2.05, 4.69) is 35.0 Å². The average molecular weight is 310 g/mol. The van der Waals surface area contributed by atoms with Crippen LogP contribution < -0.4 is 4.74 Å². The van der Waals surface area contributed by atoms with Crippen molar-refractivity contribution >= 4 is 0 Å². The van der Waals surface area contributed by atoms with Gasteiger partial charge in [-0.25, -0.2) is 4.98 Å². The molecular formula is C17H18N4O2. The normalized spacial score (nSPS) is 13.3. The number of imidazole rings is 1. The fourth-order valence-corrected chi connectivity index (χ4v) is 2.86. The van der Waals surface area contributed by atoms with Gasteiger partial charge in [0.05, 0.1) is 6.61 Å². The van der Waals surface area contributed by atoms with Gasteiger partial charge < -0.3 is 13.8 Å². The van der Waals surface area contributed by atoms with Crippen molar-refractivity contribution in [2.24, 2.45) is 0 Å². The molecule has 2 aromatic heterocycles. The quantitative estimate of drug-likeness (QED) is 0.741. The molecule has 3 aromatic rings. The zero-order valence-electron chi connectivity index (χ0n) is 13.2. The third-order valence-corrected chi connectivity index (χ3v) is 3.99. The number of hydrogen-bond donors (Lipinski definition) is 0. The number of ether oxygens (including phenoxy) is 1. The first-order chi connectivity index (χ1) is 11.2. The van der Waals surface area contributed by atoms with Crippen LogP contribution in [0.5, 0.6) is 5.75 Å². The van der Waals surface area contributed by atoms with Crippen molar-refractivity contribution in [1.82, 2.24) is 19.7 Å². The summed E-state index contributed by atoms with van der Waals surface area (Å²) >= 11 is 0. The molecule has 0 spiro atoms. The molecule has 0 unspecified atom stereocenters. The van der Waals surface area contributed by atoms with Crippen molar-refractivity contribution in [1.29, 1.82) is 0 Å². The van der Waals surface area contributed by atoms with Crippen molar-refractivity contribution < 1.29 is 9.26 Å². The molecule has 1 aromatic carbocycles. The molecule has 1 aliphatic heterocycles. The Morgan fingerprint density at radius 1 is 1.30 bits per heavy atom. The number of rotatable bonds is 4. The molecule has 1 aliphatic rings. The Morgan fingerprint density at radius 3 is 3.09 bits per heavy atom. The van der Waals surface area contributed by atoms with Gasteiger partial charge in [-0.05, 0) is 23.8 Å². The van der Waals surface area contributed by atoms with E-state index < -0.39 is 0 Å². The highest BCUT2D eigenvalue weighted by atomic mass is 16.5. The van der Waals surface area contributed by atoms with Crippen LogP contribution in [-0.4, -0.2) is 26.3 Å². The van der Waals surface area contributed by atoms with Crippen molar-refractivity contribution in [2.45, 2.75) is 32.7 Å². The van der Waals surface area contributed by atoms with Crippen LogP contribution in [0.1, 0.15) is 37.0 Å². The van der Waals surface area contributed by atoms with Crippen LogP contribution >= 0.6 is 0 Å². The molecule has 0 bridgehead atoms. The highest BCUT2D eigenvalue weighted by molar-refractivity contribution is 5.59. The van der Waals surface area contributed by atoms with Gasteiger partial charge >= 0.3 is 0 Å². The molecule has 0 aliphatic carbocycles. The highest BCUT2D eigenvalue weighted by Gasteiger charge is 2.16. The first kappa shape index (κ1) is 14.0. The lowest BCUT2D eigenvalue weighted by molar-refractivity contribution is 0.357. The lowest BCUT2D eigenvalue weighted by atomic mass is 10.1. The topological polar surface area (TPSA) is 66.0 Å². The molecule has 0 radical (unpaired) electrons. The minimum atomic E-state index is 0.351. The molecule has 0 fully saturated rings. The predicted octanol–water partition coefficient (Wildman–Crippen LogP) is 3.04. The van der Waals surface area contributed by atoms with Crippen molar-refractivity contribution in [3.63, 3.8) is 0 Å². The van der Waals surface area contributed by atoms with E-state index in [-0.39, 0.29) is 0 Å².